The van der Waals surface area contributed by atoms with E-state index in [1.807, 2.05) is 32.3 Å². The predicted octanol–water partition coefficient (Wildman–Crippen LogP) is 1.60. The number of fused-ring (bicyclic) bond motifs is 1. The van der Waals surface area contributed by atoms with E-state index >= 15 is 0 Å². The van der Waals surface area contributed by atoms with E-state index in [9.17, 15) is 8.42 Å². The second-order valence-corrected chi connectivity index (χ2v) is 9.31. The number of piperazine rings is 1. The summed E-state index contributed by atoms with van der Waals surface area (Å²) in [5, 5.41) is 0. The second kappa shape index (κ2) is 6.76. The molecule has 1 aromatic carbocycles. The van der Waals surface area contributed by atoms with Crippen molar-refractivity contribution < 1.29 is 8.42 Å². The van der Waals surface area contributed by atoms with Crippen molar-refractivity contribution in [3.05, 3.63) is 41.2 Å². The van der Waals surface area contributed by atoms with E-state index in [1.165, 1.54) is 0 Å². The second-order valence-electron chi connectivity index (χ2n) is 7.37. The number of rotatable bonds is 3. The van der Waals surface area contributed by atoms with E-state index in [0.29, 0.717) is 31.1 Å². The first-order valence-electron chi connectivity index (χ1n) is 9.27. The quantitative estimate of drug-likeness (QED) is 0.790. The Morgan fingerprint density at radius 3 is 2.52 bits per heavy atom. The first kappa shape index (κ1) is 18.2. The molecule has 144 valence electrons. The lowest BCUT2D eigenvalue weighted by molar-refractivity contribution is 0.227. The fourth-order valence-electron chi connectivity index (χ4n) is 3.58. The Morgan fingerprint density at radius 2 is 1.81 bits per heavy atom. The molecule has 1 atom stereocenters. The van der Waals surface area contributed by atoms with Crippen LogP contribution in [0.5, 0.6) is 0 Å². The predicted molar refractivity (Wildman–Crippen MR) is 106 cm³/mol. The van der Waals surface area contributed by atoms with Crippen LogP contribution in [-0.4, -0.2) is 73.5 Å². The lowest BCUT2D eigenvalue weighted by atomic mass is 10.1. The number of nitrogens with zero attached hydrogens (tertiary/aromatic N) is 5. The molecule has 7 nitrogen and oxygen atoms in total. The Hall–Kier alpha value is -2.19. The normalized spacial score (nSPS) is 23.3. The van der Waals surface area contributed by atoms with Crippen molar-refractivity contribution in [1.82, 2.24) is 14.1 Å². The molecule has 0 aromatic heterocycles. The number of sulfonamides is 1. The van der Waals surface area contributed by atoms with Crippen molar-refractivity contribution >= 4 is 22.2 Å². The van der Waals surface area contributed by atoms with Gasteiger partial charge in [0.1, 0.15) is 11.7 Å². The number of aliphatic imine (C=N–C) groups is 2. The smallest absolute Gasteiger partial charge is 0.243 e. The summed E-state index contributed by atoms with van der Waals surface area (Å²) in [6.07, 6.45) is 3.83. The third-order valence-corrected chi connectivity index (χ3v) is 7.27. The van der Waals surface area contributed by atoms with Gasteiger partial charge >= 0.3 is 0 Å². The monoisotopic (exact) mass is 387 g/mol. The zero-order chi connectivity index (χ0) is 19.2. The lowest BCUT2D eigenvalue weighted by Crippen LogP contribution is -2.48. The van der Waals surface area contributed by atoms with E-state index in [0.717, 1.165) is 29.3 Å². The van der Waals surface area contributed by atoms with Crippen molar-refractivity contribution in [2.45, 2.75) is 31.7 Å². The molecular formula is C19H25N5O2S. The van der Waals surface area contributed by atoms with Gasteiger partial charge in [-0.05, 0) is 44.0 Å². The third kappa shape index (κ3) is 3.39. The maximum Gasteiger partial charge on any atom is 0.243 e. The molecule has 0 radical (unpaired) electrons. The Bertz CT molecular complexity index is 943. The number of benzene rings is 1. The summed E-state index contributed by atoms with van der Waals surface area (Å²) in [5.41, 5.74) is 2.09. The molecule has 0 N–H and O–H groups in total. The molecule has 27 heavy (non-hydrogen) atoms. The molecule has 0 bridgehead atoms. The van der Waals surface area contributed by atoms with Crippen molar-refractivity contribution in [1.29, 1.82) is 0 Å². The van der Waals surface area contributed by atoms with Gasteiger partial charge < -0.3 is 9.80 Å². The Balaban J connectivity index is 1.46. The Morgan fingerprint density at radius 1 is 1.07 bits per heavy atom. The zero-order valence-corrected chi connectivity index (χ0v) is 16.8. The Labute approximate surface area is 160 Å². The van der Waals surface area contributed by atoms with Crippen LogP contribution in [0.3, 0.4) is 0 Å². The highest BCUT2D eigenvalue weighted by molar-refractivity contribution is 7.89. The van der Waals surface area contributed by atoms with Crippen LogP contribution in [0.1, 0.15) is 18.1 Å². The van der Waals surface area contributed by atoms with Gasteiger partial charge in [0.2, 0.25) is 10.0 Å². The van der Waals surface area contributed by atoms with Crippen LogP contribution >= 0.6 is 0 Å². The molecule has 8 heteroatoms. The molecule has 0 aliphatic carbocycles. The minimum Gasteiger partial charge on any atom is -0.354 e. The van der Waals surface area contributed by atoms with E-state index in [1.54, 1.807) is 16.4 Å². The van der Waals surface area contributed by atoms with Crippen molar-refractivity contribution in [3.8, 4) is 0 Å². The highest BCUT2D eigenvalue weighted by atomic mass is 32.2. The first-order chi connectivity index (χ1) is 12.8. The molecule has 3 aliphatic heterocycles. The van der Waals surface area contributed by atoms with Gasteiger partial charge in [-0.25, -0.2) is 13.4 Å². The van der Waals surface area contributed by atoms with Gasteiger partial charge in [0.25, 0.3) is 0 Å². The molecular weight excluding hydrogens is 362 g/mol. The van der Waals surface area contributed by atoms with Gasteiger partial charge in [0.05, 0.1) is 17.3 Å². The largest absolute Gasteiger partial charge is 0.354 e. The summed E-state index contributed by atoms with van der Waals surface area (Å²) < 4.78 is 27.5. The standard InChI is InChI=1S/C19H25N5O2S/c1-14-4-5-17(10-15(14)2)27(25,26)24-8-6-22(7-9-24)18-11-19-21-16(3)12-23(19)13-20-18/h4-5,10-11,13,16H,6-9,12H2,1-3H3/t16-/m0/s1. The minimum absolute atomic E-state index is 0.280. The van der Waals surface area contributed by atoms with Crippen LogP contribution < -0.4 is 0 Å². The summed E-state index contributed by atoms with van der Waals surface area (Å²) in [7, 11) is -3.46. The fourth-order valence-corrected chi connectivity index (χ4v) is 5.09. The van der Waals surface area contributed by atoms with Gasteiger partial charge in [0.15, 0.2) is 0 Å². The van der Waals surface area contributed by atoms with Crippen molar-refractivity contribution in [2.75, 3.05) is 32.7 Å². The molecule has 3 aliphatic rings. The van der Waals surface area contributed by atoms with Crippen LogP contribution in [-0.2, 0) is 10.0 Å². The summed E-state index contributed by atoms with van der Waals surface area (Å²) >= 11 is 0. The van der Waals surface area contributed by atoms with Crippen molar-refractivity contribution in [2.24, 2.45) is 9.98 Å². The summed E-state index contributed by atoms with van der Waals surface area (Å²) in [6.45, 7) is 9.03. The van der Waals surface area contributed by atoms with Crippen LogP contribution in [0.4, 0.5) is 0 Å². The minimum atomic E-state index is -3.46. The molecule has 3 heterocycles. The maximum atomic E-state index is 13.0. The molecule has 0 saturated carbocycles. The highest BCUT2D eigenvalue weighted by Crippen LogP contribution is 2.23. The molecule has 0 spiro atoms. The summed E-state index contributed by atoms with van der Waals surface area (Å²) in [5.74, 6) is 1.81. The summed E-state index contributed by atoms with van der Waals surface area (Å²) in [4.78, 5) is 13.7. The lowest BCUT2D eigenvalue weighted by Gasteiger charge is -2.36. The average Bonchev–Trinajstić information content (AvgIpc) is 3.03. The Kier molecular flexibility index (Phi) is 4.55. The van der Waals surface area contributed by atoms with Crippen LogP contribution in [0.2, 0.25) is 0 Å². The van der Waals surface area contributed by atoms with Crippen LogP contribution in [0.15, 0.2) is 45.0 Å². The van der Waals surface area contributed by atoms with Crippen molar-refractivity contribution in [3.63, 3.8) is 0 Å². The van der Waals surface area contributed by atoms with Gasteiger partial charge in [-0.3, -0.25) is 4.99 Å². The highest BCUT2D eigenvalue weighted by Gasteiger charge is 2.31. The summed E-state index contributed by atoms with van der Waals surface area (Å²) in [6, 6.07) is 5.61. The molecule has 1 fully saturated rings. The van der Waals surface area contributed by atoms with E-state index < -0.39 is 10.0 Å². The molecule has 1 aromatic rings. The average molecular weight is 388 g/mol. The number of hydrogen-bond acceptors (Lipinski definition) is 6. The van der Waals surface area contributed by atoms with Gasteiger partial charge in [-0.2, -0.15) is 4.31 Å². The van der Waals surface area contributed by atoms with E-state index in [4.69, 9.17) is 0 Å². The molecule has 4 rings (SSSR count). The molecule has 0 unspecified atom stereocenters. The number of aryl methyl sites for hydroxylation is 2. The zero-order valence-electron chi connectivity index (χ0n) is 16.0. The number of amidine groups is 1. The first-order valence-corrected chi connectivity index (χ1v) is 10.7. The topological polar surface area (TPSA) is 68.6 Å². The third-order valence-electron chi connectivity index (χ3n) is 5.37. The van der Waals surface area contributed by atoms with Gasteiger partial charge in [-0.15, -0.1) is 0 Å². The fraction of sp³-hybridized carbons (Fsp3) is 0.474. The van der Waals surface area contributed by atoms with Crippen LogP contribution in [0.25, 0.3) is 0 Å². The van der Waals surface area contributed by atoms with Gasteiger partial charge in [-0.1, -0.05) is 6.07 Å². The number of hydrogen-bond donors (Lipinski definition) is 0. The maximum absolute atomic E-state index is 13.0. The van der Waals surface area contributed by atoms with E-state index in [-0.39, 0.29) is 6.04 Å². The SMILES string of the molecule is Cc1ccc(S(=O)(=O)N2CCN(C3=CC4=N[C@@H](C)CN4C=N3)CC2)cc1C. The van der Waals surface area contributed by atoms with Gasteiger partial charge in [0, 0.05) is 38.8 Å². The van der Waals surface area contributed by atoms with E-state index in [2.05, 4.69) is 26.7 Å². The van der Waals surface area contributed by atoms with Crippen LogP contribution in [0, 0.1) is 13.8 Å². The molecule has 0 amide bonds. The molecule has 1 saturated heterocycles.